The Labute approximate surface area is 191 Å². The number of rotatable bonds is 12. The molecule has 1 atom stereocenters. The van der Waals surface area contributed by atoms with Crippen molar-refractivity contribution in [1.82, 2.24) is 10.2 Å². The van der Waals surface area contributed by atoms with Crippen molar-refractivity contribution in [2.45, 2.75) is 59.5 Å². The van der Waals surface area contributed by atoms with Crippen LogP contribution >= 0.6 is 0 Å². The van der Waals surface area contributed by atoms with Gasteiger partial charge in [0.05, 0.1) is 13.2 Å². The number of benzene rings is 2. The number of carbonyl (C=O) groups is 2. The van der Waals surface area contributed by atoms with Crippen LogP contribution in [0.4, 0.5) is 0 Å². The van der Waals surface area contributed by atoms with Gasteiger partial charge in [0.25, 0.3) is 0 Å². The Bertz CT molecular complexity index is 880. The molecule has 0 bridgehead atoms. The predicted molar refractivity (Wildman–Crippen MR) is 127 cm³/mol. The van der Waals surface area contributed by atoms with Crippen LogP contribution in [0.5, 0.6) is 11.5 Å². The number of carbonyl (C=O) groups excluding carboxylic acids is 2. The van der Waals surface area contributed by atoms with E-state index >= 15 is 0 Å². The molecule has 6 nitrogen and oxygen atoms in total. The van der Waals surface area contributed by atoms with Crippen molar-refractivity contribution in [1.29, 1.82) is 0 Å². The normalized spacial score (nSPS) is 11.5. The van der Waals surface area contributed by atoms with Crippen LogP contribution in [0.1, 0.15) is 50.3 Å². The van der Waals surface area contributed by atoms with Crippen LogP contribution in [0.25, 0.3) is 0 Å². The Hall–Kier alpha value is -3.02. The van der Waals surface area contributed by atoms with Gasteiger partial charge in [0.15, 0.2) is 11.5 Å². The Balaban J connectivity index is 2.19. The lowest BCUT2D eigenvalue weighted by atomic mass is 10.1. The van der Waals surface area contributed by atoms with E-state index in [1.54, 1.807) is 11.9 Å². The number of nitrogens with zero attached hydrogens (tertiary/aromatic N) is 1. The molecule has 2 rings (SSSR count). The van der Waals surface area contributed by atoms with Gasteiger partial charge in [-0.3, -0.25) is 9.59 Å². The molecular weight excluding hydrogens is 404 g/mol. The van der Waals surface area contributed by atoms with E-state index in [9.17, 15) is 9.59 Å². The lowest BCUT2D eigenvalue weighted by Crippen LogP contribution is -2.48. The number of ether oxygens (including phenoxy) is 2. The minimum Gasteiger partial charge on any atom is -0.490 e. The molecule has 0 aromatic heterocycles. The average Bonchev–Trinajstić information content (AvgIpc) is 2.80. The quantitative estimate of drug-likeness (QED) is 0.535. The average molecular weight is 441 g/mol. The second-order valence-electron chi connectivity index (χ2n) is 7.69. The molecule has 2 aromatic carbocycles. The van der Waals surface area contributed by atoms with Crippen LogP contribution in [0.3, 0.4) is 0 Å². The van der Waals surface area contributed by atoms with Crippen LogP contribution in [0.2, 0.25) is 0 Å². The van der Waals surface area contributed by atoms with Crippen molar-refractivity contribution in [3.8, 4) is 11.5 Å². The van der Waals surface area contributed by atoms with E-state index in [0.717, 1.165) is 16.7 Å². The third-order valence-electron chi connectivity index (χ3n) is 5.34. The molecule has 0 fully saturated rings. The van der Waals surface area contributed by atoms with Gasteiger partial charge in [-0.2, -0.15) is 0 Å². The molecule has 0 unspecified atom stereocenters. The van der Waals surface area contributed by atoms with Crippen LogP contribution in [-0.4, -0.2) is 43.0 Å². The monoisotopic (exact) mass is 440 g/mol. The molecular formula is C26H36N2O4. The summed E-state index contributed by atoms with van der Waals surface area (Å²) < 4.78 is 11.3. The second kappa shape index (κ2) is 12.7. The first-order chi connectivity index (χ1) is 15.4. The molecule has 0 spiro atoms. The molecule has 174 valence electrons. The van der Waals surface area contributed by atoms with Crippen molar-refractivity contribution in [3.05, 3.63) is 59.2 Å². The maximum atomic E-state index is 13.3. The second-order valence-corrected chi connectivity index (χ2v) is 7.69. The molecule has 0 saturated heterocycles. The summed E-state index contributed by atoms with van der Waals surface area (Å²) in [5.41, 5.74) is 3.16. The summed E-state index contributed by atoms with van der Waals surface area (Å²) in [5.74, 6) is 1.20. The van der Waals surface area contributed by atoms with Crippen molar-refractivity contribution >= 4 is 11.8 Å². The standard InChI is InChI=1S/C26H36N2O4/c1-6-22(26(30)27-5)28(18-21-11-9-19(4)10-12-21)25(29)16-14-20-13-15-23(31-7-2)24(17-20)32-8-3/h9-13,15,17,22H,6-8,14,16,18H2,1-5H3,(H,27,30)/t22-/m0/s1. The lowest BCUT2D eigenvalue weighted by Gasteiger charge is -2.30. The van der Waals surface area contributed by atoms with Gasteiger partial charge in [-0.05, 0) is 56.9 Å². The fourth-order valence-corrected chi connectivity index (χ4v) is 3.62. The van der Waals surface area contributed by atoms with E-state index < -0.39 is 6.04 Å². The molecule has 0 aliphatic rings. The van der Waals surface area contributed by atoms with E-state index in [4.69, 9.17) is 9.47 Å². The van der Waals surface area contributed by atoms with Crippen LogP contribution in [0.15, 0.2) is 42.5 Å². The number of hydrogen-bond donors (Lipinski definition) is 1. The number of likely N-dealkylation sites (N-methyl/N-ethyl adjacent to an activating group) is 1. The van der Waals surface area contributed by atoms with Gasteiger partial charge in [-0.1, -0.05) is 42.8 Å². The first-order valence-corrected chi connectivity index (χ1v) is 11.4. The molecule has 0 saturated carbocycles. The highest BCUT2D eigenvalue weighted by Crippen LogP contribution is 2.29. The highest BCUT2D eigenvalue weighted by molar-refractivity contribution is 5.87. The van der Waals surface area contributed by atoms with Gasteiger partial charge in [0.2, 0.25) is 11.8 Å². The number of nitrogens with one attached hydrogen (secondary N) is 1. The maximum absolute atomic E-state index is 13.3. The predicted octanol–water partition coefficient (Wildman–Crippen LogP) is 4.28. The summed E-state index contributed by atoms with van der Waals surface area (Å²) in [7, 11) is 1.61. The van der Waals surface area contributed by atoms with Crippen LogP contribution in [-0.2, 0) is 22.6 Å². The summed E-state index contributed by atoms with van der Waals surface area (Å²) in [6, 6.07) is 13.3. The van der Waals surface area contributed by atoms with Gasteiger partial charge < -0.3 is 19.7 Å². The van der Waals surface area contributed by atoms with Crippen molar-refractivity contribution in [2.75, 3.05) is 20.3 Å². The minimum atomic E-state index is -0.506. The van der Waals surface area contributed by atoms with Gasteiger partial charge in [0.1, 0.15) is 6.04 Å². The van der Waals surface area contributed by atoms with E-state index in [0.29, 0.717) is 50.5 Å². The van der Waals surface area contributed by atoms with Crippen molar-refractivity contribution in [3.63, 3.8) is 0 Å². The fraction of sp³-hybridized carbons (Fsp3) is 0.462. The zero-order valence-corrected chi connectivity index (χ0v) is 19.9. The minimum absolute atomic E-state index is 0.0483. The van der Waals surface area contributed by atoms with E-state index in [1.165, 1.54) is 0 Å². The third kappa shape index (κ3) is 7.01. The number of amides is 2. The Morgan fingerprint density at radius 1 is 0.938 bits per heavy atom. The number of aryl methyl sites for hydroxylation is 2. The summed E-state index contributed by atoms with van der Waals surface area (Å²) in [6.07, 6.45) is 1.41. The van der Waals surface area contributed by atoms with Gasteiger partial charge >= 0.3 is 0 Å². The van der Waals surface area contributed by atoms with E-state index in [-0.39, 0.29) is 11.8 Å². The SMILES string of the molecule is CCOc1ccc(CCC(=O)N(Cc2ccc(C)cc2)[C@@H](CC)C(=O)NC)cc1OCC. The van der Waals surface area contributed by atoms with Gasteiger partial charge in [-0.15, -0.1) is 0 Å². The Morgan fingerprint density at radius 3 is 2.16 bits per heavy atom. The van der Waals surface area contributed by atoms with E-state index in [2.05, 4.69) is 5.32 Å². The zero-order chi connectivity index (χ0) is 23.5. The smallest absolute Gasteiger partial charge is 0.242 e. The van der Waals surface area contributed by atoms with Crippen LogP contribution in [0, 0.1) is 6.92 Å². The molecule has 0 radical (unpaired) electrons. The molecule has 1 N–H and O–H groups in total. The highest BCUT2D eigenvalue weighted by Gasteiger charge is 2.27. The largest absolute Gasteiger partial charge is 0.490 e. The molecule has 0 heterocycles. The summed E-state index contributed by atoms with van der Waals surface area (Å²) in [4.78, 5) is 27.5. The zero-order valence-electron chi connectivity index (χ0n) is 19.9. The molecule has 0 aliphatic heterocycles. The number of hydrogen-bond acceptors (Lipinski definition) is 4. The first kappa shape index (κ1) is 25.2. The first-order valence-electron chi connectivity index (χ1n) is 11.4. The summed E-state index contributed by atoms with van der Waals surface area (Å²) in [5, 5.41) is 2.70. The molecule has 0 aliphatic carbocycles. The maximum Gasteiger partial charge on any atom is 0.242 e. The van der Waals surface area contributed by atoms with E-state index in [1.807, 2.05) is 70.2 Å². The molecule has 2 aromatic rings. The van der Waals surface area contributed by atoms with Gasteiger partial charge in [0, 0.05) is 20.0 Å². The van der Waals surface area contributed by atoms with Gasteiger partial charge in [-0.25, -0.2) is 0 Å². The highest BCUT2D eigenvalue weighted by atomic mass is 16.5. The fourth-order valence-electron chi connectivity index (χ4n) is 3.62. The summed E-state index contributed by atoms with van der Waals surface area (Å²) >= 11 is 0. The van der Waals surface area contributed by atoms with Crippen LogP contribution < -0.4 is 14.8 Å². The molecule has 6 heteroatoms. The lowest BCUT2D eigenvalue weighted by molar-refractivity contribution is -0.141. The summed E-state index contributed by atoms with van der Waals surface area (Å²) in [6.45, 7) is 9.31. The molecule has 2 amide bonds. The molecule has 32 heavy (non-hydrogen) atoms. The third-order valence-corrected chi connectivity index (χ3v) is 5.34. The Morgan fingerprint density at radius 2 is 1.56 bits per heavy atom. The Kier molecular flexibility index (Phi) is 10.1. The van der Waals surface area contributed by atoms with Crippen molar-refractivity contribution in [2.24, 2.45) is 0 Å². The topological polar surface area (TPSA) is 67.9 Å². The van der Waals surface area contributed by atoms with Crippen molar-refractivity contribution < 1.29 is 19.1 Å².